The smallest absolute Gasteiger partial charge is 0.0882 e. The molecular formula is C11H14N2. The predicted molar refractivity (Wildman–Crippen MR) is 58.7 cm³/mol. The summed E-state index contributed by atoms with van der Waals surface area (Å²) in [7, 11) is 0. The highest BCUT2D eigenvalue weighted by Gasteiger charge is 1.97. The average molecular weight is 174 g/mol. The standard InChI is InChI=1S/C9H8N2.C2H6/c1-2-5-9-8(4-1)10-6-3-7-11-9;1-2/h1-2,4-7H,3H2;1-2H3. The van der Waals surface area contributed by atoms with Crippen LogP contribution in [0, 0.1) is 0 Å². The van der Waals surface area contributed by atoms with E-state index in [2.05, 4.69) is 9.98 Å². The Morgan fingerprint density at radius 3 is 1.85 bits per heavy atom. The second-order valence-corrected chi connectivity index (χ2v) is 2.35. The van der Waals surface area contributed by atoms with E-state index >= 15 is 0 Å². The van der Waals surface area contributed by atoms with Crippen molar-refractivity contribution in [3.05, 3.63) is 24.3 Å². The van der Waals surface area contributed by atoms with Crippen LogP contribution >= 0.6 is 0 Å². The molecule has 0 aliphatic carbocycles. The van der Waals surface area contributed by atoms with Crippen LogP contribution in [-0.2, 0) is 0 Å². The van der Waals surface area contributed by atoms with Crippen molar-refractivity contribution in [2.24, 2.45) is 9.98 Å². The van der Waals surface area contributed by atoms with Crippen molar-refractivity contribution in [2.45, 2.75) is 20.3 Å². The van der Waals surface area contributed by atoms with Crippen LogP contribution in [0.4, 0.5) is 11.4 Å². The van der Waals surface area contributed by atoms with Gasteiger partial charge in [-0.1, -0.05) is 26.0 Å². The molecule has 1 heterocycles. The van der Waals surface area contributed by atoms with Gasteiger partial charge in [0.25, 0.3) is 0 Å². The minimum Gasteiger partial charge on any atom is -0.259 e. The first-order chi connectivity index (χ1) is 6.47. The molecule has 0 saturated carbocycles. The summed E-state index contributed by atoms with van der Waals surface area (Å²) >= 11 is 0. The second kappa shape index (κ2) is 5.25. The number of rotatable bonds is 0. The van der Waals surface area contributed by atoms with Crippen molar-refractivity contribution < 1.29 is 0 Å². The molecule has 2 rings (SSSR count). The minimum absolute atomic E-state index is 0.828. The SMILES string of the molecule is C1=Nc2ccccc2N=CC1.CC. The lowest BCUT2D eigenvalue weighted by Gasteiger charge is -1.94. The molecule has 0 spiro atoms. The van der Waals surface area contributed by atoms with E-state index in [0.717, 1.165) is 17.8 Å². The highest BCUT2D eigenvalue weighted by molar-refractivity contribution is 5.87. The summed E-state index contributed by atoms with van der Waals surface area (Å²) < 4.78 is 0. The lowest BCUT2D eigenvalue weighted by atomic mass is 10.3. The highest BCUT2D eigenvalue weighted by Crippen LogP contribution is 2.27. The summed E-state index contributed by atoms with van der Waals surface area (Å²) in [4.78, 5) is 8.47. The Hall–Kier alpha value is -1.44. The van der Waals surface area contributed by atoms with E-state index in [1.54, 1.807) is 0 Å². The topological polar surface area (TPSA) is 24.7 Å². The third kappa shape index (κ3) is 2.51. The van der Waals surface area contributed by atoms with E-state index in [4.69, 9.17) is 0 Å². The molecule has 0 atom stereocenters. The summed E-state index contributed by atoms with van der Waals surface area (Å²) in [6, 6.07) is 7.87. The molecule has 0 bridgehead atoms. The molecule has 0 N–H and O–H groups in total. The Morgan fingerprint density at radius 2 is 1.38 bits per heavy atom. The van der Waals surface area contributed by atoms with Gasteiger partial charge in [0.2, 0.25) is 0 Å². The summed E-state index contributed by atoms with van der Waals surface area (Å²) in [6.45, 7) is 4.00. The number of nitrogens with zero attached hydrogens (tertiary/aromatic N) is 2. The van der Waals surface area contributed by atoms with Crippen molar-refractivity contribution in [1.29, 1.82) is 0 Å². The summed E-state index contributed by atoms with van der Waals surface area (Å²) in [5.74, 6) is 0. The first kappa shape index (κ1) is 9.65. The largest absolute Gasteiger partial charge is 0.259 e. The van der Waals surface area contributed by atoms with Gasteiger partial charge in [-0.05, 0) is 12.1 Å². The van der Waals surface area contributed by atoms with Crippen LogP contribution in [0.5, 0.6) is 0 Å². The van der Waals surface area contributed by atoms with Gasteiger partial charge in [-0.25, -0.2) is 0 Å². The number of benzene rings is 1. The van der Waals surface area contributed by atoms with Gasteiger partial charge in [-0.15, -0.1) is 0 Å². The molecule has 0 saturated heterocycles. The maximum Gasteiger partial charge on any atom is 0.0882 e. The molecule has 1 aliphatic rings. The Bertz CT molecular complexity index is 283. The first-order valence-electron chi connectivity index (χ1n) is 4.61. The maximum atomic E-state index is 4.24. The van der Waals surface area contributed by atoms with E-state index in [1.807, 2.05) is 50.5 Å². The van der Waals surface area contributed by atoms with Gasteiger partial charge in [0.1, 0.15) is 0 Å². The fourth-order valence-corrected chi connectivity index (χ4v) is 1.03. The zero-order valence-corrected chi connectivity index (χ0v) is 8.07. The molecular weight excluding hydrogens is 160 g/mol. The molecule has 2 nitrogen and oxygen atoms in total. The van der Waals surface area contributed by atoms with Gasteiger partial charge >= 0.3 is 0 Å². The number of hydrogen-bond acceptors (Lipinski definition) is 2. The molecule has 13 heavy (non-hydrogen) atoms. The Kier molecular flexibility index (Phi) is 3.89. The Labute approximate surface area is 79.0 Å². The summed E-state index contributed by atoms with van der Waals surface area (Å²) in [5, 5.41) is 0. The van der Waals surface area contributed by atoms with Gasteiger partial charge in [0.05, 0.1) is 11.4 Å². The number of para-hydroxylation sites is 2. The monoisotopic (exact) mass is 174 g/mol. The van der Waals surface area contributed by atoms with Gasteiger partial charge in [-0.3, -0.25) is 9.98 Å². The van der Waals surface area contributed by atoms with Crippen LogP contribution < -0.4 is 0 Å². The molecule has 0 aromatic heterocycles. The highest BCUT2D eigenvalue weighted by atomic mass is 14.8. The van der Waals surface area contributed by atoms with Gasteiger partial charge in [-0.2, -0.15) is 0 Å². The Balaban J connectivity index is 0.000000396. The molecule has 68 valence electrons. The zero-order chi connectivity index (χ0) is 9.52. The quantitative estimate of drug-likeness (QED) is 0.575. The number of fused-ring (bicyclic) bond motifs is 1. The van der Waals surface area contributed by atoms with Crippen LogP contribution in [0.15, 0.2) is 34.3 Å². The lowest BCUT2D eigenvalue weighted by Crippen LogP contribution is -1.70. The summed E-state index contributed by atoms with van der Waals surface area (Å²) in [6.07, 6.45) is 4.57. The van der Waals surface area contributed by atoms with E-state index in [1.165, 1.54) is 0 Å². The number of aliphatic imine (C=N–C) groups is 2. The first-order valence-corrected chi connectivity index (χ1v) is 4.61. The lowest BCUT2D eigenvalue weighted by molar-refractivity contribution is 1.48. The van der Waals surface area contributed by atoms with Crippen LogP contribution in [0.25, 0.3) is 0 Å². The third-order valence-electron chi connectivity index (χ3n) is 1.55. The van der Waals surface area contributed by atoms with E-state index in [0.29, 0.717) is 0 Å². The number of hydrogen-bond donors (Lipinski definition) is 0. The average Bonchev–Trinajstić information content (AvgIpc) is 2.45. The molecule has 1 aromatic rings. The zero-order valence-electron chi connectivity index (χ0n) is 8.07. The molecule has 0 unspecified atom stereocenters. The normalized spacial score (nSPS) is 12.5. The Morgan fingerprint density at radius 1 is 0.923 bits per heavy atom. The van der Waals surface area contributed by atoms with Gasteiger partial charge < -0.3 is 0 Å². The maximum absolute atomic E-state index is 4.24. The molecule has 0 amide bonds. The fourth-order valence-electron chi connectivity index (χ4n) is 1.03. The predicted octanol–water partition coefficient (Wildman–Crippen LogP) is 3.52. The van der Waals surface area contributed by atoms with E-state index in [-0.39, 0.29) is 0 Å². The van der Waals surface area contributed by atoms with Gasteiger partial charge in [0, 0.05) is 18.9 Å². The van der Waals surface area contributed by atoms with Crippen molar-refractivity contribution in [3.63, 3.8) is 0 Å². The molecule has 1 aromatic carbocycles. The summed E-state index contributed by atoms with van der Waals surface area (Å²) in [5.41, 5.74) is 1.92. The van der Waals surface area contributed by atoms with Crippen molar-refractivity contribution in [2.75, 3.05) is 0 Å². The molecule has 0 radical (unpaired) electrons. The second-order valence-electron chi connectivity index (χ2n) is 2.35. The van der Waals surface area contributed by atoms with E-state index in [9.17, 15) is 0 Å². The van der Waals surface area contributed by atoms with Gasteiger partial charge in [0.15, 0.2) is 0 Å². The van der Waals surface area contributed by atoms with Crippen molar-refractivity contribution in [1.82, 2.24) is 0 Å². The molecule has 2 heteroatoms. The van der Waals surface area contributed by atoms with Crippen LogP contribution in [-0.4, -0.2) is 12.4 Å². The molecule has 1 aliphatic heterocycles. The van der Waals surface area contributed by atoms with Crippen LogP contribution in [0.1, 0.15) is 20.3 Å². The van der Waals surface area contributed by atoms with E-state index < -0.39 is 0 Å². The van der Waals surface area contributed by atoms with Crippen LogP contribution in [0.2, 0.25) is 0 Å². The van der Waals surface area contributed by atoms with Crippen LogP contribution in [0.3, 0.4) is 0 Å². The fraction of sp³-hybridized carbons (Fsp3) is 0.273. The molecule has 0 fully saturated rings. The van der Waals surface area contributed by atoms with Crippen molar-refractivity contribution in [3.8, 4) is 0 Å². The minimum atomic E-state index is 0.828. The van der Waals surface area contributed by atoms with Crippen molar-refractivity contribution >= 4 is 23.8 Å². The third-order valence-corrected chi connectivity index (χ3v) is 1.55.